The monoisotopic (exact) mass is 386 g/mol. The summed E-state index contributed by atoms with van der Waals surface area (Å²) in [6.45, 7) is 4.26. The Bertz CT molecular complexity index is 700. The normalized spacial score (nSPS) is 12.7. The van der Waals surface area contributed by atoms with Crippen molar-refractivity contribution in [2.24, 2.45) is 5.92 Å². The zero-order valence-electron chi connectivity index (χ0n) is 15.4. The molecule has 0 aromatic heterocycles. The van der Waals surface area contributed by atoms with Crippen LogP contribution in [0, 0.1) is 5.92 Å². The number of benzene rings is 1. The van der Waals surface area contributed by atoms with E-state index in [1.165, 1.54) is 38.5 Å². The summed E-state index contributed by atoms with van der Waals surface area (Å²) >= 11 is 0. The van der Waals surface area contributed by atoms with Gasteiger partial charge >= 0.3 is 5.97 Å². The number of sulfonamides is 1. The number of hydrogen-bond donors (Lipinski definition) is 2. The van der Waals surface area contributed by atoms with E-state index in [1.54, 1.807) is 0 Å². The van der Waals surface area contributed by atoms with E-state index in [9.17, 15) is 18.0 Å². The van der Waals surface area contributed by atoms with E-state index >= 15 is 0 Å². The molecule has 0 radical (unpaired) electrons. The number of rotatable bonds is 10. The van der Waals surface area contributed by atoms with Crippen molar-refractivity contribution in [2.75, 3.05) is 27.4 Å². The van der Waals surface area contributed by atoms with E-state index in [-0.39, 0.29) is 29.5 Å². The molecule has 0 aliphatic carbocycles. The highest BCUT2D eigenvalue weighted by Gasteiger charge is 2.23. The average Bonchev–Trinajstić information content (AvgIpc) is 2.60. The third kappa shape index (κ3) is 6.74. The van der Waals surface area contributed by atoms with Crippen molar-refractivity contribution < 1.29 is 27.5 Å². The molecule has 8 nitrogen and oxygen atoms in total. The van der Waals surface area contributed by atoms with Crippen LogP contribution in [0.2, 0.25) is 0 Å². The van der Waals surface area contributed by atoms with Crippen LogP contribution in [0.25, 0.3) is 0 Å². The number of esters is 1. The number of methoxy groups -OCH3 is 2. The minimum atomic E-state index is -3.67. The Balaban J connectivity index is 2.83. The van der Waals surface area contributed by atoms with Crippen LogP contribution in [0.4, 0.5) is 0 Å². The van der Waals surface area contributed by atoms with Gasteiger partial charge < -0.3 is 14.8 Å². The van der Waals surface area contributed by atoms with Crippen molar-refractivity contribution in [3.63, 3.8) is 0 Å². The van der Waals surface area contributed by atoms with Crippen LogP contribution < -0.4 is 10.0 Å². The van der Waals surface area contributed by atoms with Crippen molar-refractivity contribution in [3.05, 3.63) is 29.8 Å². The topological polar surface area (TPSA) is 111 Å². The minimum Gasteiger partial charge on any atom is -0.467 e. The summed E-state index contributed by atoms with van der Waals surface area (Å²) in [5.41, 5.74) is 0.249. The zero-order valence-corrected chi connectivity index (χ0v) is 16.3. The number of carbonyl (C=O) groups is 2. The summed E-state index contributed by atoms with van der Waals surface area (Å²) in [6, 6.07) is 4.69. The Kier molecular flexibility index (Phi) is 8.70. The first kappa shape index (κ1) is 22.1. The second-order valence-corrected chi connectivity index (χ2v) is 7.86. The van der Waals surface area contributed by atoms with Gasteiger partial charge in [-0.2, -0.15) is 0 Å². The van der Waals surface area contributed by atoms with Gasteiger partial charge in [0.05, 0.1) is 18.6 Å². The number of amides is 1. The molecule has 26 heavy (non-hydrogen) atoms. The quantitative estimate of drug-likeness (QED) is 0.457. The lowest BCUT2D eigenvalue weighted by Gasteiger charge is -2.18. The van der Waals surface area contributed by atoms with Gasteiger partial charge in [0.25, 0.3) is 5.91 Å². The smallest absolute Gasteiger partial charge is 0.328 e. The van der Waals surface area contributed by atoms with Crippen LogP contribution in [-0.2, 0) is 24.3 Å². The molecule has 9 heteroatoms. The zero-order chi connectivity index (χ0) is 19.7. The highest BCUT2D eigenvalue weighted by Crippen LogP contribution is 2.12. The average molecular weight is 386 g/mol. The Hall–Kier alpha value is -1.97. The summed E-state index contributed by atoms with van der Waals surface area (Å²) in [7, 11) is -0.930. The predicted molar refractivity (Wildman–Crippen MR) is 96.2 cm³/mol. The third-order valence-electron chi connectivity index (χ3n) is 3.52. The third-order valence-corrected chi connectivity index (χ3v) is 5.00. The lowest BCUT2D eigenvalue weighted by Crippen LogP contribution is -2.42. The largest absolute Gasteiger partial charge is 0.467 e. The second-order valence-electron chi connectivity index (χ2n) is 6.09. The molecular formula is C17H26N2O6S. The first-order valence-electron chi connectivity index (χ1n) is 8.18. The molecule has 0 aliphatic heterocycles. The standard InChI is InChI=1S/C17H26N2O6S/c1-12(2)11-15(17(21)25-4)19-16(20)13-5-7-14(8-6-13)26(22,23)18-9-10-24-3/h5-8,12,15,18H,9-11H2,1-4H3,(H,19,20). The van der Waals surface area contributed by atoms with Crippen molar-refractivity contribution in [2.45, 2.75) is 31.2 Å². The molecule has 0 aliphatic rings. The number of hydrogen-bond acceptors (Lipinski definition) is 6. The molecule has 1 aromatic carbocycles. The molecule has 1 atom stereocenters. The van der Waals surface area contributed by atoms with E-state index in [2.05, 4.69) is 10.0 Å². The molecule has 0 bridgehead atoms. The molecule has 0 heterocycles. The maximum absolute atomic E-state index is 12.3. The van der Waals surface area contributed by atoms with Crippen LogP contribution in [-0.4, -0.2) is 53.7 Å². The van der Waals surface area contributed by atoms with Crippen LogP contribution in [0.15, 0.2) is 29.2 Å². The Labute approximate surface area is 154 Å². The maximum atomic E-state index is 12.3. The SMILES string of the molecule is COCCNS(=O)(=O)c1ccc(C(=O)NC(CC(C)C)C(=O)OC)cc1. The number of ether oxygens (including phenoxy) is 2. The Morgan fingerprint density at radius 3 is 2.23 bits per heavy atom. The fraction of sp³-hybridized carbons (Fsp3) is 0.529. The van der Waals surface area contributed by atoms with Crippen molar-refractivity contribution in [1.82, 2.24) is 10.0 Å². The molecule has 1 rings (SSSR count). The molecule has 146 valence electrons. The van der Waals surface area contributed by atoms with Crippen molar-refractivity contribution in [3.8, 4) is 0 Å². The van der Waals surface area contributed by atoms with E-state index < -0.39 is 27.9 Å². The van der Waals surface area contributed by atoms with Gasteiger partial charge in [-0.15, -0.1) is 0 Å². The lowest BCUT2D eigenvalue weighted by atomic mass is 10.0. The molecule has 0 fully saturated rings. The molecule has 0 spiro atoms. The maximum Gasteiger partial charge on any atom is 0.328 e. The molecule has 1 aromatic rings. The summed E-state index contributed by atoms with van der Waals surface area (Å²) in [5.74, 6) is -0.809. The fourth-order valence-electron chi connectivity index (χ4n) is 2.22. The van der Waals surface area contributed by atoms with Crippen LogP contribution in [0.3, 0.4) is 0 Å². The Morgan fingerprint density at radius 1 is 1.12 bits per heavy atom. The van der Waals surface area contributed by atoms with Gasteiger partial charge in [-0.25, -0.2) is 17.9 Å². The first-order valence-corrected chi connectivity index (χ1v) is 9.67. The van der Waals surface area contributed by atoms with Crippen LogP contribution >= 0.6 is 0 Å². The summed E-state index contributed by atoms with van der Waals surface area (Å²) in [6.07, 6.45) is 0.439. The van der Waals surface area contributed by atoms with Crippen molar-refractivity contribution >= 4 is 21.9 Å². The Morgan fingerprint density at radius 2 is 1.73 bits per heavy atom. The number of carbonyl (C=O) groups excluding carboxylic acids is 2. The van der Waals surface area contributed by atoms with Gasteiger partial charge in [-0.05, 0) is 36.6 Å². The van der Waals surface area contributed by atoms with Gasteiger partial charge in [-0.3, -0.25) is 4.79 Å². The van der Waals surface area contributed by atoms with Crippen LogP contribution in [0.1, 0.15) is 30.6 Å². The summed E-state index contributed by atoms with van der Waals surface area (Å²) in [4.78, 5) is 24.2. The predicted octanol–water partition coefficient (Wildman–Crippen LogP) is 0.929. The molecule has 2 N–H and O–H groups in total. The molecule has 0 saturated heterocycles. The van der Waals surface area contributed by atoms with Gasteiger partial charge in [0.1, 0.15) is 6.04 Å². The number of nitrogens with one attached hydrogen (secondary N) is 2. The van der Waals surface area contributed by atoms with Gasteiger partial charge in [0.2, 0.25) is 10.0 Å². The lowest BCUT2D eigenvalue weighted by molar-refractivity contribution is -0.143. The van der Waals surface area contributed by atoms with Gasteiger partial charge in [0, 0.05) is 19.2 Å². The molecular weight excluding hydrogens is 360 g/mol. The fourth-order valence-corrected chi connectivity index (χ4v) is 3.23. The minimum absolute atomic E-state index is 0.0388. The van der Waals surface area contributed by atoms with E-state index in [0.717, 1.165) is 0 Å². The molecule has 1 amide bonds. The van der Waals surface area contributed by atoms with Gasteiger partial charge in [-0.1, -0.05) is 13.8 Å². The molecule has 1 unspecified atom stereocenters. The van der Waals surface area contributed by atoms with E-state index in [4.69, 9.17) is 9.47 Å². The second kappa shape index (κ2) is 10.2. The van der Waals surface area contributed by atoms with Gasteiger partial charge in [0.15, 0.2) is 0 Å². The summed E-state index contributed by atoms with van der Waals surface area (Å²) < 4.78 is 36.1. The van der Waals surface area contributed by atoms with E-state index in [1.807, 2.05) is 13.8 Å². The van der Waals surface area contributed by atoms with Crippen LogP contribution in [0.5, 0.6) is 0 Å². The summed E-state index contributed by atoms with van der Waals surface area (Å²) in [5, 5.41) is 2.62. The van der Waals surface area contributed by atoms with Crippen molar-refractivity contribution in [1.29, 1.82) is 0 Å². The van der Waals surface area contributed by atoms with E-state index in [0.29, 0.717) is 6.42 Å². The molecule has 0 saturated carbocycles. The first-order chi connectivity index (χ1) is 12.2. The highest BCUT2D eigenvalue weighted by atomic mass is 32.2. The highest BCUT2D eigenvalue weighted by molar-refractivity contribution is 7.89.